The van der Waals surface area contributed by atoms with Crippen LogP contribution in [0, 0.1) is 0 Å². The van der Waals surface area contributed by atoms with Gasteiger partial charge in [0.25, 0.3) is 5.91 Å². The van der Waals surface area contributed by atoms with Gasteiger partial charge in [-0.1, -0.05) is 6.58 Å². The number of hydrogen-bond acceptors (Lipinski definition) is 4. The second kappa shape index (κ2) is 5.29. The largest absolute Gasteiger partial charge is 0.481 e. The lowest BCUT2D eigenvalue weighted by molar-refractivity contribution is -0.142. The molecule has 0 bridgehead atoms. The smallest absolute Gasteiger partial charge is 0.308 e. The van der Waals surface area contributed by atoms with E-state index in [1.165, 1.54) is 0 Å². The number of carboxylic acids is 1. The minimum Gasteiger partial charge on any atom is -0.481 e. The molecule has 0 heterocycles. The van der Waals surface area contributed by atoms with Gasteiger partial charge in [0.1, 0.15) is 0 Å². The molecule has 0 radical (unpaired) electrons. The lowest BCUT2D eigenvalue weighted by Gasteiger charge is -2.24. The van der Waals surface area contributed by atoms with E-state index in [0.29, 0.717) is 0 Å². The lowest BCUT2D eigenvalue weighted by atomic mass is 10.0. The summed E-state index contributed by atoms with van der Waals surface area (Å²) < 4.78 is 4.47. The van der Waals surface area contributed by atoms with Crippen molar-refractivity contribution in [2.45, 2.75) is 32.7 Å². The highest BCUT2D eigenvalue weighted by atomic mass is 16.5. The Morgan fingerprint density at radius 2 is 1.88 bits per heavy atom. The van der Waals surface area contributed by atoms with Gasteiger partial charge in [0, 0.05) is 12.5 Å². The van der Waals surface area contributed by atoms with E-state index in [1.54, 1.807) is 13.8 Å². The van der Waals surface area contributed by atoms with E-state index in [9.17, 15) is 14.4 Å². The molecule has 0 aliphatic rings. The van der Waals surface area contributed by atoms with Gasteiger partial charge in [0.05, 0.1) is 6.42 Å². The van der Waals surface area contributed by atoms with E-state index in [1.807, 2.05) is 0 Å². The molecule has 16 heavy (non-hydrogen) atoms. The summed E-state index contributed by atoms with van der Waals surface area (Å²) in [6, 6.07) is 0. The van der Waals surface area contributed by atoms with E-state index in [-0.39, 0.29) is 12.2 Å². The summed E-state index contributed by atoms with van der Waals surface area (Å²) in [5, 5.41) is 11.0. The van der Waals surface area contributed by atoms with Crippen LogP contribution >= 0.6 is 0 Å². The maximum Gasteiger partial charge on any atom is 0.308 e. The number of hydrogen-bond donors (Lipinski definition) is 2. The van der Waals surface area contributed by atoms with Crippen LogP contribution in [0.2, 0.25) is 0 Å². The average molecular weight is 229 g/mol. The van der Waals surface area contributed by atoms with Crippen LogP contribution in [-0.4, -0.2) is 28.5 Å². The second-order valence-electron chi connectivity index (χ2n) is 3.93. The minimum absolute atomic E-state index is 0.244. The van der Waals surface area contributed by atoms with Crippen molar-refractivity contribution in [2.75, 3.05) is 0 Å². The third kappa shape index (κ3) is 5.79. The summed E-state index contributed by atoms with van der Waals surface area (Å²) in [6.45, 7) is 7.48. The molecule has 0 spiro atoms. The highest BCUT2D eigenvalue weighted by molar-refractivity contribution is 5.93. The van der Waals surface area contributed by atoms with Gasteiger partial charge >= 0.3 is 11.9 Å². The van der Waals surface area contributed by atoms with Crippen LogP contribution in [0.5, 0.6) is 0 Å². The monoisotopic (exact) mass is 229 g/mol. The highest BCUT2D eigenvalue weighted by Crippen LogP contribution is 2.09. The molecule has 0 aromatic rings. The number of amides is 1. The number of rotatable bonds is 5. The molecular weight excluding hydrogens is 214 g/mol. The number of ether oxygens (including phenoxy) is 1. The van der Waals surface area contributed by atoms with E-state index >= 15 is 0 Å². The molecule has 0 aliphatic carbocycles. The maximum atomic E-state index is 11.4. The van der Waals surface area contributed by atoms with Gasteiger partial charge in [-0.05, 0) is 13.8 Å². The van der Waals surface area contributed by atoms with Crippen LogP contribution in [-0.2, 0) is 19.1 Å². The Morgan fingerprint density at radius 3 is 2.25 bits per heavy atom. The molecule has 1 amide bonds. The normalized spacial score (nSPS) is 10.4. The first-order chi connectivity index (χ1) is 7.14. The van der Waals surface area contributed by atoms with E-state index < -0.39 is 23.4 Å². The van der Waals surface area contributed by atoms with Crippen LogP contribution in [0.25, 0.3) is 0 Å². The van der Waals surface area contributed by atoms with Gasteiger partial charge in [-0.25, -0.2) is 0 Å². The molecule has 0 aromatic carbocycles. The topological polar surface area (TPSA) is 92.7 Å². The molecule has 90 valence electrons. The predicted octanol–water partition coefficient (Wildman–Crippen LogP) is 0.433. The molecule has 2 N–H and O–H groups in total. The first-order valence-corrected chi connectivity index (χ1v) is 4.55. The zero-order valence-corrected chi connectivity index (χ0v) is 9.49. The fourth-order valence-corrected chi connectivity index (χ4v) is 1.02. The predicted molar refractivity (Wildman–Crippen MR) is 55.4 cm³/mol. The lowest BCUT2D eigenvalue weighted by Crippen LogP contribution is -2.45. The Kier molecular flexibility index (Phi) is 4.68. The van der Waals surface area contributed by atoms with Crippen LogP contribution in [0.1, 0.15) is 27.2 Å². The first-order valence-electron chi connectivity index (χ1n) is 4.55. The summed E-state index contributed by atoms with van der Waals surface area (Å²) in [5.74, 6) is -2.76. The van der Waals surface area contributed by atoms with Crippen molar-refractivity contribution >= 4 is 17.8 Å². The number of esters is 1. The number of carbonyl (C=O) groups excluding carboxylic acids is 2. The van der Waals surface area contributed by atoms with Gasteiger partial charge in [-0.2, -0.15) is 0 Å². The van der Waals surface area contributed by atoms with Crippen LogP contribution in [0.3, 0.4) is 0 Å². The minimum atomic E-state index is -1.04. The van der Waals surface area contributed by atoms with Crippen molar-refractivity contribution in [3.05, 3.63) is 12.3 Å². The molecule has 0 unspecified atom stereocenters. The summed E-state index contributed by atoms with van der Waals surface area (Å²) in [4.78, 5) is 32.4. The molecule has 0 atom stereocenters. The highest BCUT2D eigenvalue weighted by Gasteiger charge is 2.25. The van der Waals surface area contributed by atoms with Crippen molar-refractivity contribution in [1.82, 2.24) is 5.32 Å². The Morgan fingerprint density at radius 1 is 1.38 bits per heavy atom. The number of carboxylic acid groups (broad SMARTS) is 1. The quantitative estimate of drug-likeness (QED) is 0.405. The van der Waals surface area contributed by atoms with Crippen LogP contribution in [0.4, 0.5) is 0 Å². The third-order valence-corrected chi connectivity index (χ3v) is 1.57. The summed E-state index contributed by atoms with van der Waals surface area (Å²) in [6.07, 6.45) is -0.244. The summed E-state index contributed by atoms with van der Waals surface area (Å²) >= 11 is 0. The Balaban J connectivity index is 4.38. The molecule has 0 rings (SSSR count). The Labute approximate surface area is 93.3 Å². The van der Waals surface area contributed by atoms with Crippen molar-refractivity contribution < 1.29 is 24.2 Å². The molecule has 0 fully saturated rings. The van der Waals surface area contributed by atoms with Gasteiger partial charge in [0.15, 0.2) is 5.76 Å². The maximum absolute atomic E-state index is 11.4. The van der Waals surface area contributed by atoms with E-state index in [4.69, 9.17) is 5.11 Å². The molecule has 0 saturated carbocycles. The van der Waals surface area contributed by atoms with E-state index in [0.717, 1.165) is 6.92 Å². The molecule has 6 heteroatoms. The zero-order valence-electron chi connectivity index (χ0n) is 9.49. The van der Waals surface area contributed by atoms with Crippen molar-refractivity contribution in [1.29, 1.82) is 0 Å². The Hall–Kier alpha value is -1.85. The van der Waals surface area contributed by atoms with Gasteiger partial charge < -0.3 is 15.2 Å². The van der Waals surface area contributed by atoms with Crippen molar-refractivity contribution in [3.63, 3.8) is 0 Å². The number of nitrogens with one attached hydrogen (secondary N) is 1. The molecule has 0 aliphatic heterocycles. The summed E-state index contributed by atoms with van der Waals surface area (Å²) in [5.41, 5.74) is -0.938. The van der Waals surface area contributed by atoms with Gasteiger partial charge in [0.2, 0.25) is 0 Å². The molecule has 6 nitrogen and oxygen atoms in total. The first kappa shape index (κ1) is 14.2. The number of carbonyl (C=O) groups is 3. The zero-order chi connectivity index (χ0) is 12.9. The SMILES string of the molecule is C=C(OC(C)=O)C(=O)NC(C)(C)CC(=O)O. The molecule has 0 saturated heterocycles. The van der Waals surface area contributed by atoms with E-state index in [2.05, 4.69) is 16.6 Å². The Bertz CT molecular complexity index is 332. The van der Waals surface area contributed by atoms with Crippen molar-refractivity contribution in [2.24, 2.45) is 0 Å². The second-order valence-corrected chi connectivity index (χ2v) is 3.93. The van der Waals surface area contributed by atoms with Gasteiger partial charge in [-0.15, -0.1) is 0 Å². The molecule has 0 aromatic heterocycles. The fraction of sp³-hybridized carbons (Fsp3) is 0.500. The van der Waals surface area contributed by atoms with Crippen molar-refractivity contribution in [3.8, 4) is 0 Å². The number of aliphatic carboxylic acids is 1. The van der Waals surface area contributed by atoms with Gasteiger partial charge in [-0.3, -0.25) is 14.4 Å². The summed E-state index contributed by atoms with van der Waals surface area (Å²) in [7, 11) is 0. The standard InChI is InChI=1S/C10H15NO5/c1-6(16-7(2)12)9(15)11-10(3,4)5-8(13)14/h1,5H2,2-4H3,(H,11,15)(H,13,14). The van der Waals surface area contributed by atoms with Crippen LogP contribution in [0.15, 0.2) is 12.3 Å². The average Bonchev–Trinajstić information content (AvgIpc) is 1.98. The third-order valence-electron chi connectivity index (χ3n) is 1.57. The molecular formula is C10H15NO5. The van der Waals surface area contributed by atoms with Crippen LogP contribution < -0.4 is 5.32 Å². The fourth-order valence-electron chi connectivity index (χ4n) is 1.02.